The molecule has 3 rings (SSSR count). The van der Waals surface area contributed by atoms with Crippen LogP contribution >= 0.6 is 0 Å². The number of nitrogens with zero attached hydrogens (tertiary/aromatic N) is 1. The number of carboxylic acid groups (broad SMARTS) is 1. The van der Waals surface area contributed by atoms with Crippen molar-refractivity contribution in [2.24, 2.45) is 5.92 Å². The standard InChI is InChI=1S/C15H19NO4/c1-10-7-20-14-4-12(15(17)18)2-3-13(14)6-16(10)5-11-8-19-9-11/h2-4,10-11H,5-9H2,1H3,(H,17,18)/t10-/m0/s1. The second-order valence-electron chi connectivity index (χ2n) is 5.62. The molecule has 0 amide bonds. The van der Waals surface area contributed by atoms with E-state index in [2.05, 4.69) is 11.8 Å². The lowest BCUT2D eigenvalue weighted by Gasteiger charge is -2.34. The smallest absolute Gasteiger partial charge is 0.335 e. The Morgan fingerprint density at radius 3 is 2.85 bits per heavy atom. The minimum absolute atomic E-state index is 0.275. The van der Waals surface area contributed by atoms with Gasteiger partial charge in [0.05, 0.1) is 18.8 Å². The first-order chi connectivity index (χ1) is 9.63. The minimum Gasteiger partial charge on any atom is -0.492 e. The molecule has 1 saturated heterocycles. The molecule has 5 nitrogen and oxygen atoms in total. The zero-order chi connectivity index (χ0) is 14.1. The highest BCUT2D eigenvalue weighted by Crippen LogP contribution is 2.27. The lowest BCUT2D eigenvalue weighted by Crippen LogP contribution is -2.43. The predicted octanol–water partition coefficient (Wildman–Crippen LogP) is 1.61. The maximum atomic E-state index is 11.0. The maximum absolute atomic E-state index is 11.0. The van der Waals surface area contributed by atoms with Crippen LogP contribution in [0, 0.1) is 5.92 Å². The van der Waals surface area contributed by atoms with E-state index in [1.807, 2.05) is 6.07 Å². The summed E-state index contributed by atoms with van der Waals surface area (Å²) in [7, 11) is 0. The van der Waals surface area contributed by atoms with Gasteiger partial charge in [-0.25, -0.2) is 4.79 Å². The van der Waals surface area contributed by atoms with Crippen molar-refractivity contribution in [2.45, 2.75) is 19.5 Å². The molecule has 0 unspecified atom stereocenters. The van der Waals surface area contributed by atoms with Crippen LogP contribution < -0.4 is 4.74 Å². The van der Waals surface area contributed by atoms with Gasteiger partial charge in [0.15, 0.2) is 0 Å². The Balaban J connectivity index is 1.79. The molecule has 2 aliphatic heterocycles. The van der Waals surface area contributed by atoms with E-state index < -0.39 is 5.97 Å². The molecule has 1 aromatic rings. The third-order valence-electron chi connectivity index (χ3n) is 3.99. The van der Waals surface area contributed by atoms with Crippen LogP contribution in [0.25, 0.3) is 0 Å². The average molecular weight is 277 g/mol. The highest BCUT2D eigenvalue weighted by Gasteiger charge is 2.27. The third kappa shape index (κ3) is 2.64. The van der Waals surface area contributed by atoms with E-state index in [1.165, 1.54) is 0 Å². The predicted molar refractivity (Wildman–Crippen MR) is 73.1 cm³/mol. The highest BCUT2D eigenvalue weighted by molar-refractivity contribution is 5.88. The van der Waals surface area contributed by atoms with E-state index in [0.29, 0.717) is 24.3 Å². The molecular weight excluding hydrogens is 258 g/mol. The lowest BCUT2D eigenvalue weighted by molar-refractivity contribution is -0.0529. The molecule has 2 aliphatic rings. The number of hydrogen-bond acceptors (Lipinski definition) is 4. The van der Waals surface area contributed by atoms with Crippen LogP contribution in [-0.4, -0.2) is 48.4 Å². The second-order valence-corrected chi connectivity index (χ2v) is 5.62. The molecule has 0 bridgehead atoms. The van der Waals surface area contributed by atoms with Gasteiger partial charge in [-0.2, -0.15) is 0 Å². The van der Waals surface area contributed by atoms with Gasteiger partial charge in [-0.3, -0.25) is 4.90 Å². The molecule has 0 aliphatic carbocycles. The van der Waals surface area contributed by atoms with Gasteiger partial charge < -0.3 is 14.6 Å². The quantitative estimate of drug-likeness (QED) is 0.909. The van der Waals surface area contributed by atoms with Crippen LogP contribution in [0.3, 0.4) is 0 Å². The summed E-state index contributed by atoms with van der Waals surface area (Å²) in [4.78, 5) is 13.4. The van der Waals surface area contributed by atoms with Crippen LogP contribution in [-0.2, 0) is 11.3 Å². The average Bonchev–Trinajstić information content (AvgIpc) is 2.53. The normalized spacial score (nSPS) is 23.4. The van der Waals surface area contributed by atoms with Crippen LogP contribution in [0.4, 0.5) is 0 Å². The zero-order valence-electron chi connectivity index (χ0n) is 11.5. The molecule has 0 aromatic heterocycles. The number of rotatable bonds is 3. The topological polar surface area (TPSA) is 59.0 Å². The van der Waals surface area contributed by atoms with Crippen LogP contribution in [0.15, 0.2) is 18.2 Å². The van der Waals surface area contributed by atoms with Crippen molar-refractivity contribution in [3.05, 3.63) is 29.3 Å². The summed E-state index contributed by atoms with van der Waals surface area (Å²) in [6.07, 6.45) is 0. The van der Waals surface area contributed by atoms with E-state index in [4.69, 9.17) is 14.6 Å². The molecule has 1 N–H and O–H groups in total. The highest BCUT2D eigenvalue weighted by atomic mass is 16.5. The van der Waals surface area contributed by atoms with Gasteiger partial charge in [-0.15, -0.1) is 0 Å². The molecule has 1 aromatic carbocycles. The Labute approximate surface area is 118 Å². The van der Waals surface area contributed by atoms with Crippen LogP contribution in [0.2, 0.25) is 0 Å². The van der Waals surface area contributed by atoms with Crippen molar-refractivity contribution in [2.75, 3.05) is 26.4 Å². The van der Waals surface area contributed by atoms with Crippen molar-refractivity contribution < 1.29 is 19.4 Å². The lowest BCUT2D eigenvalue weighted by atomic mass is 10.1. The fourth-order valence-corrected chi connectivity index (χ4v) is 2.61. The Kier molecular flexibility index (Phi) is 3.63. The van der Waals surface area contributed by atoms with Crippen molar-refractivity contribution >= 4 is 5.97 Å². The first-order valence-electron chi connectivity index (χ1n) is 6.94. The summed E-state index contributed by atoms with van der Waals surface area (Å²) in [5.41, 5.74) is 1.33. The molecule has 1 atom stereocenters. The van der Waals surface area contributed by atoms with Crippen molar-refractivity contribution in [3.8, 4) is 5.75 Å². The maximum Gasteiger partial charge on any atom is 0.335 e. The van der Waals surface area contributed by atoms with Gasteiger partial charge in [-0.1, -0.05) is 6.07 Å². The van der Waals surface area contributed by atoms with Gasteiger partial charge >= 0.3 is 5.97 Å². The zero-order valence-corrected chi connectivity index (χ0v) is 11.5. The number of carboxylic acids is 1. The summed E-state index contributed by atoms with van der Waals surface area (Å²) < 4.78 is 11.0. The number of hydrogen-bond donors (Lipinski definition) is 1. The van der Waals surface area contributed by atoms with E-state index >= 15 is 0 Å². The Bertz CT molecular complexity index is 513. The van der Waals surface area contributed by atoms with Gasteiger partial charge in [0, 0.05) is 30.6 Å². The van der Waals surface area contributed by atoms with Crippen LogP contribution in [0.5, 0.6) is 5.75 Å². The number of benzene rings is 1. The Morgan fingerprint density at radius 2 is 2.20 bits per heavy atom. The van der Waals surface area contributed by atoms with E-state index in [0.717, 1.165) is 31.9 Å². The molecular formula is C15H19NO4. The van der Waals surface area contributed by atoms with E-state index in [1.54, 1.807) is 12.1 Å². The van der Waals surface area contributed by atoms with Crippen molar-refractivity contribution in [3.63, 3.8) is 0 Å². The van der Waals surface area contributed by atoms with E-state index in [-0.39, 0.29) is 5.56 Å². The first kappa shape index (κ1) is 13.4. The summed E-state index contributed by atoms with van der Waals surface area (Å²) in [6, 6.07) is 5.45. The largest absolute Gasteiger partial charge is 0.492 e. The number of carbonyl (C=O) groups is 1. The molecule has 0 spiro atoms. The number of aromatic carboxylic acids is 1. The van der Waals surface area contributed by atoms with Crippen molar-refractivity contribution in [1.29, 1.82) is 0 Å². The van der Waals surface area contributed by atoms with Gasteiger partial charge in [0.1, 0.15) is 12.4 Å². The summed E-state index contributed by atoms with van der Waals surface area (Å²) in [6.45, 7) is 6.22. The second kappa shape index (κ2) is 5.42. The molecule has 0 radical (unpaired) electrons. The molecule has 0 saturated carbocycles. The minimum atomic E-state index is -0.919. The Hall–Kier alpha value is -1.59. The Morgan fingerprint density at radius 1 is 1.40 bits per heavy atom. The summed E-state index contributed by atoms with van der Waals surface area (Å²) in [5, 5.41) is 9.04. The van der Waals surface area contributed by atoms with E-state index in [9.17, 15) is 4.79 Å². The number of fused-ring (bicyclic) bond motifs is 1. The van der Waals surface area contributed by atoms with Crippen molar-refractivity contribution in [1.82, 2.24) is 4.90 Å². The van der Waals surface area contributed by atoms with Gasteiger partial charge in [0.25, 0.3) is 0 Å². The molecule has 1 fully saturated rings. The summed E-state index contributed by atoms with van der Waals surface area (Å²) in [5.74, 6) is 0.388. The third-order valence-corrected chi connectivity index (χ3v) is 3.99. The molecule has 5 heteroatoms. The molecule has 2 heterocycles. The number of ether oxygens (including phenoxy) is 2. The first-order valence-corrected chi connectivity index (χ1v) is 6.94. The SMILES string of the molecule is C[C@H]1COc2cc(C(=O)O)ccc2CN1CC1COC1. The van der Waals surface area contributed by atoms with Crippen LogP contribution in [0.1, 0.15) is 22.8 Å². The molecule has 20 heavy (non-hydrogen) atoms. The summed E-state index contributed by atoms with van der Waals surface area (Å²) >= 11 is 0. The monoisotopic (exact) mass is 277 g/mol. The fourth-order valence-electron chi connectivity index (χ4n) is 2.61. The van der Waals surface area contributed by atoms with Gasteiger partial charge in [0.2, 0.25) is 0 Å². The fraction of sp³-hybridized carbons (Fsp3) is 0.533. The van der Waals surface area contributed by atoms with Gasteiger partial charge in [-0.05, 0) is 19.1 Å². The molecule has 108 valence electrons.